The van der Waals surface area contributed by atoms with Gasteiger partial charge in [0, 0.05) is 46.7 Å². The average Bonchev–Trinajstić information content (AvgIpc) is 3.36. The smallest absolute Gasteiger partial charge is 0.279 e. The maximum atomic E-state index is 13.7. The van der Waals surface area contributed by atoms with Gasteiger partial charge in [-0.3, -0.25) is 4.79 Å². The van der Waals surface area contributed by atoms with E-state index in [1.165, 1.54) is 4.68 Å². The quantitative estimate of drug-likeness (QED) is 0.295. The van der Waals surface area contributed by atoms with Crippen molar-refractivity contribution in [2.24, 2.45) is 0 Å². The molecule has 1 aliphatic heterocycles. The Morgan fingerprint density at radius 2 is 1.65 bits per heavy atom. The minimum Gasteiger partial charge on any atom is -0.421 e. The minimum absolute atomic E-state index is 0.163. The number of fused-ring (bicyclic) bond motifs is 1. The van der Waals surface area contributed by atoms with E-state index in [0.717, 1.165) is 51.0 Å². The van der Waals surface area contributed by atoms with Crippen LogP contribution in [0.1, 0.15) is 11.5 Å². The molecule has 3 heterocycles. The molecule has 0 radical (unpaired) electrons. The van der Waals surface area contributed by atoms with Gasteiger partial charge in [-0.1, -0.05) is 40.2 Å². The van der Waals surface area contributed by atoms with Gasteiger partial charge < -0.3 is 14.1 Å². The van der Waals surface area contributed by atoms with Crippen LogP contribution in [0.3, 0.4) is 0 Å². The lowest BCUT2D eigenvalue weighted by atomic mass is 10.0. The average molecular weight is 558 g/mol. The SMILES string of the molecule is Cc1nnc(-c2cc(Br)cc(-c3nn(-c4cc(N5CCOCC5)ccc4C)c(=O)c4ccccc34)c2)o1. The van der Waals surface area contributed by atoms with Crippen LogP contribution in [0.2, 0.25) is 0 Å². The Hall–Kier alpha value is -3.82. The van der Waals surface area contributed by atoms with Gasteiger partial charge in [-0.25, -0.2) is 0 Å². The van der Waals surface area contributed by atoms with Crippen LogP contribution in [0.15, 0.2) is 74.3 Å². The third-order valence-corrected chi connectivity index (χ3v) is 7.00. The molecule has 3 aromatic carbocycles. The molecule has 0 amide bonds. The molecule has 0 unspecified atom stereocenters. The highest BCUT2D eigenvalue weighted by molar-refractivity contribution is 9.10. The molecule has 2 aromatic heterocycles. The summed E-state index contributed by atoms with van der Waals surface area (Å²) in [6, 6.07) is 19.6. The lowest BCUT2D eigenvalue weighted by Crippen LogP contribution is -2.36. The molecule has 37 heavy (non-hydrogen) atoms. The Balaban J connectivity index is 1.56. The number of anilines is 1. The van der Waals surface area contributed by atoms with E-state index in [0.29, 0.717) is 36.1 Å². The first-order valence-corrected chi connectivity index (χ1v) is 12.8. The van der Waals surface area contributed by atoms with Crippen molar-refractivity contribution in [2.75, 3.05) is 31.2 Å². The third kappa shape index (κ3) is 4.45. The van der Waals surface area contributed by atoms with Crippen molar-refractivity contribution in [3.05, 3.63) is 86.9 Å². The molecule has 1 aliphatic rings. The maximum Gasteiger partial charge on any atom is 0.279 e. The Kier molecular flexibility index (Phi) is 6.10. The van der Waals surface area contributed by atoms with Crippen molar-refractivity contribution in [3.8, 4) is 28.4 Å². The first kappa shape index (κ1) is 23.6. The second kappa shape index (κ2) is 9.57. The molecule has 0 spiro atoms. The van der Waals surface area contributed by atoms with Gasteiger partial charge in [-0.15, -0.1) is 10.2 Å². The zero-order valence-electron chi connectivity index (χ0n) is 20.4. The van der Waals surface area contributed by atoms with Crippen LogP contribution in [-0.4, -0.2) is 46.3 Å². The summed E-state index contributed by atoms with van der Waals surface area (Å²) < 4.78 is 13.5. The van der Waals surface area contributed by atoms with Crippen molar-refractivity contribution in [1.82, 2.24) is 20.0 Å². The molecule has 1 saturated heterocycles. The summed E-state index contributed by atoms with van der Waals surface area (Å²) in [6.07, 6.45) is 0. The van der Waals surface area contributed by atoms with E-state index >= 15 is 0 Å². The maximum absolute atomic E-state index is 13.7. The molecule has 186 valence electrons. The lowest BCUT2D eigenvalue weighted by molar-refractivity contribution is 0.122. The highest BCUT2D eigenvalue weighted by Gasteiger charge is 2.19. The molecule has 5 aromatic rings. The Morgan fingerprint density at radius 1 is 0.892 bits per heavy atom. The van der Waals surface area contributed by atoms with Gasteiger partial charge in [-0.05, 0) is 48.9 Å². The Bertz CT molecular complexity index is 1690. The van der Waals surface area contributed by atoms with E-state index in [4.69, 9.17) is 14.3 Å². The highest BCUT2D eigenvalue weighted by atomic mass is 79.9. The molecule has 8 nitrogen and oxygen atoms in total. The van der Waals surface area contributed by atoms with Crippen molar-refractivity contribution in [1.29, 1.82) is 0 Å². The molecule has 0 saturated carbocycles. The largest absolute Gasteiger partial charge is 0.421 e. The number of benzene rings is 3. The molecule has 1 fully saturated rings. The van der Waals surface area contributed by atoms with Gasteiger partial charge in [-0.2, -0.15) is 9.78 Å². The molecule has 0 N–H and O–H groups in total. The first-order chi connectivity index (χ1) is 18.0. The summed E-state index contributed by atoms with van der Waals surface area (Å²) in [5.41, 5.74) is 4.87. The Morgan fingerprint density at radius 3 is 2.41 bits per heavy atom. The minimum atomic E-state index is -0.163. The molecule has 6 rings (SSSR count). The van der Waals surface area contributed by atoms with E-state index in [9.17, 15) is 4.79 Å². The van der Waals surface area contributed by atoms with Crippen LogP contribution in [0.5, 0.6) is 0 Å². The summed E-state index contributed by atoms with van der Waals surface area (Å²) >= 11 is 3.62. The second-order valence-corrected chi connectivity index (χ2v) is 9.95. The highest BCUT2D eigenvalue weighted by Crippen LogP contribution is 2.33. The standard InChI is InChI=1S/C28H24BrN5O3/c1-17-7-8-22(33-9-11-36-12-10-33)16-25(17)34-28(35)24-6-4-3-5-23(24)26(32-34)19-13-20(15-21(29)14-19)27-31-30-18(2)37-27/h3-8,13-16H,9-12H2,1-2H3. The zero-order chi connectivity index (χ0) is 25.5. The normalized spacial score (nSPS) is 13.9. The van der Waals surface area contributed by atoms with Gasteiger partial charge >= 0.3 is 0 Å². The number of ether oxygens (including phenoxy) is 1. The molecule has 9 heteroatoms. The number of morpholine rings is 1. The summed E-state index contributed by atoms with van der Waals surface area (Å²) in [4.78, 5) is 16.0. The third-order valence-electron chi connectivity index (χ3n) is 6.55. The van der Waals surface area contributed by atoms with Crippen LogP contribution in [-0.2, 0) is 4.74 Å². The van der Waals surface area contributed by atoms with E-state index in [2.05, 4.69) is 37.1 Å². The van der Waals surface area contributed by atoms with Gasteiger partial charge in [0.05, 0.1) is 30.0 Å². The van der Waals surface area contributed by atoms with Crippen molar-refractivity contribution >= 4 is 32.4 Å². The number of nitrogens with zero attached hydrogens (tertiary/aromatic N) is 5. The number of aryl methyl sites for hydroxylation is 2. The predicted octanol–water partition coefficient (Wildman–Crippen LogP) is 5.32. The van der Waals surface area contributed by atoms with Crippen LogP contribution in [0.4, 0.5) is 5.69 Å². The number of aromatic nitrogens is 4. The summed E-state index contributed by atoms with van der Waals surface area (Å²) in [6.45, 7) is 6.75. The van der Waals surface area contributed by atoms with E-state index < -0.39 is 0 Å². The molecule has 0 atom stereocenters. The fourth-order valence-electron chi connectivity index (χ4n) is 4.67. The number of hydrogen-bond acceptors (Lipinski definition) is 7. The van der Waals surface area contributed by atoms with E-state index in [-0.39, 0.29) is 5.56 Å². The first-order valence-electron chi connectivity index (χ1n) is 12.1. The number of rotatable bonds is 4. The molecule has 0 bridgehead atoms. The molecular formula is C28H24BrN5O3. The molecular weight excluding hydrogens is 534 g/mol. The van der Waals surface area contributed by atoms with Crippen molar-refractivity contribution < 1.29 is 9.15 Å². The van der Waals surface area contributed by atoms with Crippen LogP contribution in [0, 0.1) is 13.8 Å². The van der Waals surface area contributed by atoms with Crippen LogP contribution >= 0.6 is 15.9 Å². The lowest BCUT2D eigenvalue weighted by Gasteiger charge is -2.29. The zero-order valence-corrected chi connectivity index (χ0v) is 22.0. The fourth-order valence-corrected chi connectivity index (χ4v) is 5.17. The van der Waals surface area contributed by atoms with Crippen molar-refractivity contribution in [3.63, 3.8) is 0 Å². The van der Waals surface area contributed by atoms with Gasteiger partial charge in [0.2, 0.25) is 11.8 Å². The monoisotopic (exact) mass is 557 g/mol. The van der Waals surface area contributed by atoms with Crippen molar-refractivity contribution in [2.45, 2.75) is 13.8 Å². The van der Waals surface area contributed by atoms with Gasteiger partial charge in [0.25, 0.3) is 5.56 Å². The van der Waals surface area contributed by atoms with E-state index in [1.54, 1.807) is 6.92 Å². The predicted molar refractivity (Wildman–Crippen MR) is 146 cm³/mol. The summed E-state index contributed by atoms with van der Waals surface area (Å²) in [5, 5.41) is 14.4. The Labute approximate surface area is 221 Å². The molecule has 0 aliphatic carbocycles. The number of hydrogen-bond donors (Lipinski definition) is 0. The summed E-state index contributed by atoms with van der Waals surface area (Å²) in [7, 11) is 0. The van der Waals surface area contributed by atoms with Crippen LogP contribution < -0.4 is 10.5 Å². The van der Waals surface area contributed by atoms with Gasteiger partial charge in [0.1, 0.15) is 0 Å². The van der Waals surface area contributed by atoms with Crippen LogP contribution in [0.25, 0.3) is 39.2 Å². The number of halogens is 1. The second-order valence-electron chi connectivity index (χ2n) is 9.04. The van der Waals surface area contributed by atoms with Gasteiger partial charge in [0.15, 0.2) is 0 Å². The summed E-state index contributed by atoms with van der Waals surface area (Å²) in [5.74, 6) is 0.913. The van der Waals surface area contributed by atoms with E-state index in [1.807, 2.05) is 61.5 Å². The fraction of sp³-hybridized carbons (Fsp3) is 0.214. The topological polar surface area (TPSA) is 86.3 Å².